The van der Waals surface area contributed by atoms with E-state index in [0.717, 1.165) is 12.6 Å². The molecule has 0 atom stereocenters. The maximum Gasteiger partial charge on any atom is 0.290 e. The number of hydrogen-bond acceptors (Lipinski definition) is 4. The van der Waals surface area contributed by atoms with Crippen LogP contribution >= 0.6 is 0 Å². The summed E-state index contributed by atoms with van der Waals surface area (Å²) < 4.78 is 1.77. The fourth-order valence-electron chi connectivity index (χ4n) is 1.73. The van der Waals surface area contributed by atoms with Crippen LogP contribution in [0.3, 0.4) is 0 Å². The Hall–Kier alpha value is -1.07. The summed E-state index contributed by atoms with van der Waals surface area (Å²) in [5.41, 5.74) is 5.71. The minimum atomic E-state index is 0.375. The third kappa shape index (κ3) is 3.53. The summed E-state index contributed by atoms with van der Waals surface area (Å²) in [5.74, 6) is 0.437. The number of unbranched alkanes of at least 4 members (excludes halogenated alkanes) is 2. The number of anilines is 1. The Labute approximate surface area is 91.5 Å². The van der Waals surface area contributed by atoms with Crippen LogP contribution in [0.5, 0.6) is 0 Å². The van der Waals surface area contributed by atoms with Gasteiger partial charge in [0.1, 0.15) is 0 Å². The molecule has 0 aromatic carbocycles. The molecule has 84 valence electrons. The molecule has 0 spiro atoms. The van der Waals surface area contributed by atoms with Crippen molar-refractivity contribution in [1.29, 1.82) is 0 Å². The highest BCUT2D eigenvalue weighted by Crippen LogP contribution is 2.12. The number of nitrogens with two attached hydrogens (primary N) is 1. The van der Waals surface area contributed by atoms with Gasteiger partial charge in [-0.05, 0) is 5.21 Å². The van der Waals surface area contributed by atoms with Crippen molar-refractivity contribution in [3.8, 4) is 0 Å². The topological polar surface area (TPSA) is 69.6 Å². The lowest BCUT2D eigenvalue weighted by molar-refractivity contribution is 0.778. The summed E-state index contributed by atoms with van der Waals surface area (Å²) in [6.07, 6.45) is 7.04. The molecule has 0 fully saturated rings. The molecule has 0 saturated heterocycles. The van der Waals surface area contributed by atoms with Gasteiger partial charge in [0.05, 0.1) is 0 Å². The van der Waals surface area contributed by atoms with Crippen molar-refractivity contribution >= 4 is 12.8 Å². The molecule has 0 bridgehead atoms. The van der Waals surface area contributed by atoms with Crippen molar-refractivity contribution in [2.75, 3.05) is 5.73 Å². The Morgan fingerprint density at radius 2 is 1.80 bits per heavy atom. The van der Waals surface area contributed by atoms with Gasteiger partial charge < -0.3 is 5.73 Å². The fraction of sp³-hybridized carbons (Fsp3) is 0.889. The molecule has 5 nitrogen and oxygen atoms in total. The van der Waals surface area contributed by atoms with E-state index in [4.69, 9.17) is 5.73 Å². The molecular weight excluding hydrogens is 189 g/mol. The largest absolute Gasteiger partial charge is 0.368 e. The molecule has 0 amide bonds. The molecule has 15 heavy (non-hydrogen) atoms. The normalized spacial score (nSPS) is 10.5. The molecule has 0 aliphatic rings. The number of tetrazole rings is 1. The van der Waals surface area contributed by atoms with Crippen LogP contribution in [0.4, 0.5) is 5.95 Å². The van der Waals surface area contributed by atoms with E-state index in [0.29, 0.717) is 12.8 Å². The van der Waals surface area contributed by atoms with Crippen molar-refractivity contribution < 1.29 is 0 Å². The predicted molar refractivity (Wildman–Crippen MR) is 62.8 cm³/mol. The van der Waals surface area contributed by atoms with Gasteiger partial charge in [0, 0.05) is 0 Å². The van der Waals surface area contributed by atoms with Crippen molar-refractivity contribution in [3.63, 3.8) is 0 Å². The van der Waals surface area contributed by atoms with Crippen molar-refractivity contribution in [1.82, 2.24) is 20.1 Å². The molecule has 0 aliphatic carbocycles. The SMILES string of the molecule is CCCCB(CCCC)n1nnnc1N. The van der Waals surface area contributed by atoms with E-state index in [2.05, 4.69) is 29.4 Å². The van der Waals surface area contributed by atoms with E-state index in [1.54, 1.807) is 4.59 Å². The van der Waals surface area contributed by atoms with Crippen molar-refractivity contribution in [2.24, 2.45) is 0 Å². The van der Waals surface area contributed by atoms with Gasteiger partial charge in [-0.2, -0.15) is 0 Å². The third-order valence-corrected chi connectivity index (χ3v) is 2.65. The lowest BCUT2D eigenvalue weighted by Gasteiger charge is -2.12. The Balaban J connectivity index is 2.58. The fourth-order valence-corrected chi connectivity index (χ4v) is 1.73. The van der Waals surface area contributed by atoms with Crippen LogP contribution in [0.2, 0.25) is 12.6 Å². The molecule has 1 rings (SSSR count). The molecule has 1 heterocycles. The molecule has 1 aromatic rings. The third-order valence-electron chi connectivity index (χ3n) is 2.65. The molecule has 0 radical (unpaired) electrons. The second-order valence-electron chi connectivity index (χ2n) is 3.92. The predicted octanol–water partition coefficient (Wildman–Crippen LogP) is 1.70. The van der Waals surface area contributed by atoms with Crippen LogP contribution in [-0.4, -0.2) is 27.0 Å². The van der Waals surface area contributed by atoms with Gasteiger partial charge in [0.15, 0.2) is 0 Å². The van der Waals surface area contributed by atoms with E-state index >= 15 is 0 Å². The summed E-state index contributed by atoms with van der Waals surface area (Å²) >= 11 is 0. The molecule has 0 aliphatic heterocycles. The number of aromatic nitrogens is 4. The number of rotatable bonds is 7. The first-order chi connectivity index (χ1) is 7.29. The standard InChI is InChI=1S/C9H20BN5/c1-3-5-7-10(8-6-4-2)15-9(11)12-13-14-15/h3-8H2,1-2H3,(H2,11,12,14). The van der Waals surface area contributed by atoms with E-state index in [1.807, 2.05) is 0 Å². The molecule has 0 saturated carbocycles. The zero-order chi connectivity index (χ0) is 11.1. The van der Waals surface area contributed by atoms with Gasteiger partial charge in [0.2, 0.25) is 5.95 Å². The highest BCUT2D eigenvalue weighted by molar-refractivity contribution is 6.57. The van der Waals surface area contributed by atoms with Crippen LogP contribution in [-0.2, 0) is 0 Å². The van der Waals surface area contributed by atoms with Gasteiger partial charge >= 0.3 is 0 Å². The average molecular weight is 209 g/mol. The lowest BCUT2D eigenvalue weighted by Crippen LogP contribution is -2.27. The molecule has 1 aromatic heterocycles. The summed E-state index contributed by atoms with van der Waals surface area (Å²) in [6, 6.07) is 0. The molecular formula is C9H20BN5. The quantitative estimate of drug-likeness (QED) is 0.693. The molecule has 6 heteroatoms. The Bertz CT molecular complexity index is 267. The summed E-state index contributed by atoms with van der Waals surface area (Å²) in [6.45, 7) is 4.76. The van der Waals surface area contributed by atoms with E-state index < -0.39 is 0 Å². The minimum Gasteiger partial charge on any atom is -0.368 e. The Morgan fingerprint density at radius 3 is 2.20 bits per heavy atom. The van der Waals surface area contributed by atoms with Gasteiger partial charge in [-0.1, -0.05) is 62.5 Å². The van der Waals surface area contributed by atoms with Gasteiger partial charge in [-0.25, -0.2) is 0 Å². The van der Waals surface area contributed by atoms with Gasteiger partial charge in [0.25, 0.3) is 6.85 Å². The zero-order valence-electron chi connectivity index (χ0n) is 9.69. The average Bonchev–Trinajstić information content (AvgIpc) is 2.65. The second kappa shape index (κ2) is 6.42. The zero-order valence-corrected chi connectivity index (χ0v) is 9.69. The van der Waals surface area contributed by atoms with Crippen LogP contribution in [0, 0.1) is 0 Å². The Morgan fingerprint density at radius 1 is 1.20 bits per heavy atom. The second-order valence-corrected chi connectivity index (χ2v) is 3.92. The van der Waals surface area contributed by atoms with Gasteiger partial charge in [-0.15, -0.1) is 0 Å². The van der Waals surface area contributed by atoms with Crippen LogP contribution in [0.1, 0.15) is 39.5 Å². The maximum absolute atomic E-state index is 5.71. The van der Waals surface area contributed by atoms with Crippen LogP contribution in [0.15, 0.2) is 0 Å². The first kappa shape index (κ1) is 12.0. The molecule has 2 N–H and O–H groups in total. The van der Waals surface area contributed by atoms with Crippen LogP contribution < -0.4 is 5.73 Å². The van der Waals surface area contributed by atoms with Crippen molar-refractivity contribution in [3.05, 3.63) is 0 Å². The number of nitrogen functional groups attached to an aromatic ring is 1. The monoisotopic (exact) mass is 209 g/mol. The van der Waals surface area contributed by atoms with E-state index in [-0.39, 0.29) is 0 Å². The first-order valence-electron chi connectivity index (χ1n) is 5.82. The maximum atomic E-state index is 5.71. The highest BCUT2D eigenvalue weighted by Gasteiger charge is 2.19. The highest BCUT2D eigenvalue weighted by atomic mass is 15.5. The summed E-state index contributed by atoms with van der Waals surface area (Å²) in [7, 11) is 0. The number of hydrogen-bond donors (Lipinski definition) is 1. The Kier molecular flexibility index (Phi) is 5.14. The summed E-state index contributed by atoms with van der Waals surface area (Å²) in [4.78, 5) is 0. The minimum absolute atomic E-state index is 0.375. The number of nitrogens with zero attached hydrogens (tertiary/aromatic N) is 4. The smallest absolute Gasteiger partial charge is 0.290 e. The van der Waals surface area contributed by atoms with Crippen LogP contribution in [0.25, 0.3) is 0 Å². The van der Waals surface area contributed by atoms with Crippen molar-refractivity contribution in [2.45, 2.75) is 52.2 Å². The lowest BCUT2D eigenvalue weighted by atomic mass is 9.54. The van der Waals surface area contributed by atoms with Gasteiger partial charge in [-0.3, -0.25) is 4.59 Å². The van der Waals surface area contributed by atoms with E-state index in [1.165, 1.54) is 25.7 Å². The first-order valence-corrected chi connectivity index (χ1v) is 5.82. The summed E-state index contributed by atoms with van der Waals surface area (Å²) in [5, 5.41) is 11.3. The van der Waals surface area contributed by atoms with E-state index in [9.17, 15) is 0 Å². The molecule has 0 unspecified atom stereocenters.